The van der Waals surface area contributed by atoms with Crippen molar-refractivity contribution in [2.24, 2.45) is 5.41 Å². The zero-order valence-corrected chi connectivity index (χ0v) is 26.2. The Balaban J connectivity index is 1.67. The highest BCUT2D eigenvalue weighted by atomic mass is 16.6. The van der Waals surface area contributed by atoms with E-state index in [0.717, 1.165) is 28.9 Å². The van der Waals surface area contributed by atoms with Gasteiger partial charge in [-0.15, -0.1) is 0 Å². The number of methoxy groups -OCH3 is 1. The van der Waals surface area contributed by atoms with Crippen LogP contribution >= 0.6 is 0 Å². The summed E-state index contributed by atoms with van der Waals surface area (Å²) in [6.45, 7) is 13.4. The number of likely N-dealkylation sites (tertiary alicyclic amines) is 1. The van der Waals surface area contributed by atoms with Gasteiger partial charge in [-0.25, -0.2) is 9.78 Å². The van der Waals surface area contributed by atoms with Crippen molar-refractivity contribution in [3.05, 3.63) is 87.6 Å². The molecule has 1 N–H and O–H groups in total. The Morgan fingerprint density at radius 2 is 1.70 bits per heavy atom. The second-order valence-corrected chi connectivity index (χ2v) is 13.0. The molecule has 1 aliphatic rings. The predicted octanol–water partition coefficient (Wildman–Crippen LogP) is 6.96. The van der Waals surface area contributed by atoms with Crippen molar-refractivity contribution < 1.29 is 19.2 Å². The minimum atomic E-state index is -0.620. The number of nitro groups is 1. The molecule has 3 aromatic rings. The van der Waals surface area contributed by atoms with Gasteiger partial charge in [-0.1, -0.05) is 55.8 Å². The fourth-order valence-corrected chi connectivity index (χ4v) is 5.47. The van der Waals surface area contributed by atoms with Gasteiger partial charge in [0.2, 0.25) is 5.82 Å². The van der Waals surface area contributed by atoms with E-state index < -0.39 is 5.60 Å². The summed E-state index contributed by atoms with van der Waals surface area (Å²) in [5.41, 5.74) is 2.53. The average molecular weight is 590 g/mol. The number of hydrogen-bond donors (Lipinski definition) is 1. The topological polar surface area (TPSA) is 110 Å². The third-order valence-corrected chi connectivity index (χ3v) is 7.28. The lowest BCUT2D eigenvalue weighted by atomic mass is 9.81. The van der Waals surface area contributed by atoms with Crippen LogP contribution in [0.5, 0.6) is 5.75 Å². The first kappa shape index (κ1) is 31.6. The fourth-order valence-electron chi connectivity index (χ4n) is 5.47. The largest absolute Gasteiger partial charge is 0.497 e. The van der Waals surface area contributed by atoms with Crippen LogP contribution in [0.15, 0.2) is 60.8 Å². The Morgan fingerprint density at radius 1 is 1.09 bits per heavy atom. The van der Waals surface area contributed by atoms with Crippen LogP contribution in [0.25, 0.3) is 0 Å². The van der Waals surface area contributed by atoms with Gasteiger partial charge < -0.3 is 24.6 Å². The summed E-state index contributed by atoms with van der Waals surface area (Å²) in [5.74, 6) is 1.01. The first-order valence-electron chi connectivity index (χ1n) is 14.5. The normalized spacial score (nSPS) is 16.3. The second-order valence-electron chi connectivity index (χ2n) is 13.0. The molecule has 0 saturated carbocycles. The Hall–Kier alpha value is -4.34. The zero-order chi connectivity index (χ0) is 31.4. The molecule has 0 bridgehead atoms. The molecule has 1 saturated heterocycles. The molecule has 1 amide bonds. The molecule has 43 heavy (non-hydrogen) atoms. The number of ether oxygens (including phenoxy) is 2. The first-order valence-corrected chi connectivity index (χ1v) is 14.5. The van der Waals surface area contributed by atoms with Crippen molar-refractivity contribution in [3.63, 3.8) is 0 Å². The maximum absolute atomic E-state index is 13.0. The van der Waals surface area contributed by atoms with Crippen molar-refractivity contribution in [2.45, 2.75) is 72.7 Å². The highest BCUT2D eigenvalue weighted by Gasteiger charge is 2.38. The molecule has 2 heterocycles. The molecule has 1 fully saturated rings. The quantitative estimate of drug-likeness (QED) is 0.211. The van der Waals surface area contributed by atoms with E-state index in [2.05, 4.69) is 24.1 Å². The second kappa shape index (κ2) is 12.9. The minimum Gasteiger partial charge on any atom is -0.497 e. The van der Waals surface area contributed by atoms with Gasteiger partial charge in [0.1, 0.15) is 17.0 Å². The van der Waals surface area contributed by atoms with Gasteiger partial charge in [-0.2, -0.15) is 0 Å². The Bertz CT molecular complexity index is 1420. The molecule has 0 radical (unpaired) electrons. The summed E-state index contributed by atoms with van der Waals surface area (Å²) < 4.78 is 11.0. The van der Waals surface area contributed by atoms with E-state index in [0.29, 0.717) is 31.9 Å². The maximum atomic E-state index is 13.0. The summed E-state index contributed by atoms with van der Waals surface area (Å²) in [7, 11) is 1.62. The molecule has 1 aliphatic heterocycles. The van der Waals surface area contributed by atoms with E-state index in [-0.39, 0.29) is 34.0 Å². The molecule has 230 valence electrons. The van der Waals surface area contributed by atoms with Crippen molar-refractivity contribution in [1.82, 2.24) is 9.88 Å². The van der Waals surface area contributed by atoms with E-state index in [9.17, 15) is 14.9 Å². The number of pyridine rings is 1. The lowest BCUT2D eigenvalue weighted by Gasteiger charge is -2.43. The number of carbonyl (C=O) groups is 1. The third-order valence-electron chi connectivity index (χ3n) is 7.28. The number of aromatic nitrogens is 1. The van der Waals surface area contributed by atoms with Crippen LogP contribution in [-0.4, -0.2) is 52.7 Å². The standard InChI is InChI=1S/C33H43N5O5/c1-23-8-10-24(11-9-23)19-36(20-25-12-14-27(42-7)15-13-25)30-29(38(40)41)28(16-17-34-30)35-26-18-33(5,6)22-37(21-26)31(39)43-32(2,3)4/h8-17,26H,18-22H2,1-7H3,(H,34,35). The number of nitrogens with zero attached hydrogens (tertiary/aromatic N) is 4. The van der Waals surface area contributed by atoms with Gasteiger partial charge in [0, 0.05) is 38.4 Å². The van der Waals surface area contributed by atoms with Gasteiger partial charge in [-0.05, 0) is 68.9 Å². The third kappa shape index (κ3) is 8.59. The van der Waals surface area contributed by atoms with E-state index in [1.165, 1.54) is 0 Å². The molecule has 0 spiro atoms. The zero-order valence-electron chi connectivity index (χ0n) is 26.2. The van der Waals surface area contributed by atoms with E-state index >= 15 is 0 Å². The van der Waals surface area contributed by atoms with Crippen LogP contribution in [0.1, 0.15) is 57.7 Å². The summed E-state index contributed by atoms with van der Waals surface area (Å²) in [6.07, 6.45) is 1.93. The van der Waals surface area contributed by atoms with Crippen LogP contribution < -0.4 is 15.0 Å². The molecule has 0 aliphatic carbocycles. The number of aryl methyl sites for hydroxylation is 1. The lowest BCUT2D eigenvalue weighted by molar-refractivity contribution is -0.383. The molecular weight excluding hydrogens is 546 g/mol. The molecule has 1 unspecified atom stereocenters. The highest BCUT2D eigenvalue weighted by Crippen LogP contribution is 2.38. The molecule has 1 aromatic heterocycles. The molecule has 10 heteroatoms. The van der Waals surface area contributed by atoms with E-state index in [4.69, 9.17) is 9.47 Å². The smallest absolute Gasteiger partial charge is 0.410 e. The van der Waals surface area contributed by atoms with Crippen LogP contribution in [-0.2, 0) is 17.8 Å². The summed E-state index contributed by atoms with van der Waals surface area (Å²) >= 11 is 0. The number of hydrogen-bond acceptors (Lipinski definition) is 8. The number of nitrogens with one attached hydrogen (secondary N) is 1. The maximum Gasteiger partial charge on any atom is 0.410 e. The van der Waals surface area contributed by atoms with Crippen LogP contribution in [0.3, 0.4) is 0 Å². The van der Waals surface area contributed by atoms with Crippen LogP contribution in [0.2, 0.25) is 0 Å². The highest BCUT2D eigenvalue weighted by molar-refractivity contribution is 5.74. The Labute approximate surface area is 254 Å². The molecule has 4 rings (SSSR count). The molecule has 10 nitrogen and oxygen atoms in total. The van der Waals surface area contributed by atoms with Gasteiger partial charge in [-0.3, -0.25) is 10.1 Å². The summed E-state index contributed by atoms with van der Waals surface area (Å²) in [5, 5.41) is 16.1. The number of benzene rings is 2. The van der Waals surface area contributed by atoms with Gasteiger partial charge in [0.25, 0.3) is 0 Å². The van der Waals surface area contributed by atoms with Gasteiger partial charge >= 0.3 is 11.8 Å². The number of piperidine rings is 1. The summed E-state index contributed by atoms with van der Waals surface area (Å²) in [6, 6.07) is 17.2. The summed E-state index contributed by atoms with van der Waals surface area (Å²) in [4.78, 5) is 33.4. The van der Waals surface area contributed by atoms with Gasteiger partial charge in [0.05, 0.1) is 12.0 Å². The number of amides is 1. The van der Waals surface area contributed by atoms with E-state index in [1.807, 2.05) is 81.1 Å². The molecule has 2 aromatic carbocycles. The Morgan fingerprint density at radius 3 is 2.26 bits per heavy atom. The minimum absolute atomic E-state index is 0.102. The monoisotopic (exact) mass is 589 g/mol. The SMILES string of the molecule is COc1ccc(CN(Cc2ccc(C)cc2)c2nccc(NC3CN(C(=O)OC(C)(C)C)CC(C)(C)C3)c2[N+](=O)[O-])cc1. The number of rotatable bonds is 9. The number of anilines is 2. The van der Waals surface area contributed by atoms with Crippen molar-refractivity contribution in [3.8, 4) is 5.75 Å². The Kier molecular flexibility index (Phi) is 9.47. The van der Waals surface area contributed by atoms with Crippen LogP contribution in [0.4, 0.5) is 22.0 Å². The molecule has 1 atom stereocenters. The molecular formula is C33H43N5O5. The lowest BCUT2D eigenvalue weighted by Crippen LogP contribution is -2.53. The average Bonchev–Trinajstić information content (AvgIpc) is 2.92. The van der Waals surface area contributed by atoms with Crippen molar-refractivity contribution in [2.75, 3.05) is 30.4 Å². The van der Waals surface area contributed by atoms with Crippen LogP contribution in [0, 0.1) is 22.5 Å². The first-order chi connectivity index (χ1) is 20.2. The predicted molar refractivity (Wildman–Crippen MR) is 169 cm³/mol. The van der Waals surface area contributed by atoms with Crippen molar-refractivity contribution >= 4 is 23.3 Å². The van der Waals surface area contributed by atoms with Crippen molar-refractivity contribution in [1.29, 1.82) is 0 Å². The van der Waals surface area contributed by atoms with E-state index in [1.54, 1.807) is 24.3 Å². The van der Waals surface area contributed by atoms with Gasteiger partial charge in [0.15, 0.2) is 0 Å². The number of carbonyl (C=O) groups excluding carboxylic acids is 1. The fraction of sp³-hybridized carbons (Fsp3) is 0.455.